The van der Waals surface area contributed by atoms with E-state index in [1.165, 1.54) is 12.5 Å². The van der Waals surface area contributed by atoms with Gasteiger partial charge in [0, 0.05) is 27.4 Å². The third-order valence-electron chi connectivity index (χ3n) is 2.90. The van der Waals surface area contributed by atoms with Crippen molar-refractivity contribution in [3.8, 4) is 0 Å². The van der Waals surface area contributed by atoms with E-state index in [2.05, 4.69) is 33.2 Å². The summed E-state index contributed by atoms with van der Waals surface area (Å²) in [5, 5.41) is 5.52. The number of aryl methyl sites for hydroxylation is 1. The van der Waals surface area contributed by atoms with E-state index in [4.69, 9.17) is 0 Å². The molecule has 2 N–H and O–H groups in total. The first-order chi connectivity index (χ1) is 9.95. The maximum absolute atomic E-state index is 12.1. The summed E-state index contributed by atoms with van der Waals surface area (Å²) < 4.78 is 1.10. The molecule has 0 unspecified atom stereocenters. The lowest BCUT2D eigenvalue weighted by Gasteiger charge is -2.08. The van der Waals surface area contributed by atoms with Crippen molar-refractivity contribution in [1.29, 1.82) is 0 Å². The van der Waals surface area contributed by atoms with Crippen LogP contribution >= 0.6 is 22.6 Å². The van der Waals surface area contributed by atoms with Crippen molar-refractivity contribution >= 4 is 45.8 Å². The third-order valence-corrected chi connectivity index (χ3v) is 4.06. The molecule has 0 spiro atoms. The van der Waals surface area contributed by atoms with E-state index in [1.807, 2.05) is 25.1 Å². The zero-order valence-electron chi connectivity index (χ0n) is 11.7. The molecule has 0 saturated carbocycles. The van der Waals surface area contributed by atoms with Crippen LogP contribution in [0.2, 0.25) is 0 Å². The molecule has 0 aromatic heterocycles. The van der Waals surface area contributed by atoms with Crippen LogP contribution in [0.3, 0.4) is 0 Å². The van der Waals surface area contributed by atoms with Crippen LogP contribution in [0.1, 0.15) is 22.8 Å². The highest BCUT2D eigenvalue weighted by Gasteiger charge is 2.07. The van der Waals surface area contributed by atoms with Crippen LogP contribution < -0.4 is 10.6 Å². The van der Waals surface area contributed by atoms with Gasteiger partial charge in [-0.3, -0.25) is 9.59 Å². The van der Waals surface area contributed by atoms with Crippen LogP contribution in [0.5, 0.6) is 0 Å². The van der Waals surface area contributed by atoms with Gasteiger partial charge in [0.1, 0.15) is 0 Å². The lowest BCUT2D eigenvalue weighted by Crippen LogP contribution is -2.12. The molecule has 2 aromatic rings. The van der Waals surface area contributed by atoms with Gasteiger partial charge in [0.2, 0.25) is 5.91 Å². The van der Waals surface area contributed by atoms with Crippen LogP contribution in [-0.4, -0.2) is 11.8 Å². The predicted octanol–water partition coefficient (Wildman–Crippen LogP) is 3.81. The van der Waals surface area contributed by atoms with E-state index >= 15 is 0 Å². The number of carbonyl (C=O) groups is 2. The summed E-state index contributed by atoms with van der Waals surface area (Å²) in [5.41, 5.74) is 3.15. The average Bonchev–Trinajstić information content (AvgIpc) is 2.43. The topological polar surface area (TPSA) is 58.2 Å². The van der Waals surface area contributed by atoms with Gasteiger partial charge in [-0.1, -0.05) is 6.07 Å². The fourth-order valence-electron chi connectivity index (χ4n) is 1.78. The summed E-state index contributed by atoms with van der Waals surface area (Å²) in [5.74, 6) is -0.314. The molecule has 0 aliphatic rings. The molecule has 0 bridgehead atoms. The van der Waals surface area contributed by atoms with Crippen molar-refractivity contribution in [2.45, 2.75) is 13.8 Å². The number of hydrogen-bond donors (Lipinski definition) is 2. The Balaban J connectivity index is 2.09. The van der Waals surface area contributed by atoms with Crippen molar-refractivity contribution in [2.24, 2.45) is 0 Å². The number of rotatable bonds is 3. The Morgan fingerprint density at radius 2 is 1.57 bits per heavy atom. The Labute approximate surface area is 137 Å². The monoisotopic (exact) mass is 394 g/mol. The quantitative estimate of drug-likeness (QED) is 0.778. The second kappa shape index (κ2) is 6.71. The molecule has 2 rings (SSSR count). The first-order valence-corrected chi connectivity index (χ1v) is 7.49. The Hall–Kier alpha value is -1.89. The Morgan fingerprint density at radius 1 is 0.952 bits per heavy atom. The van der Waals surface area contributed by atoms with Gasteiger partial charge in [0.15, 0.2) is 0 Å². The zero-order valence-corrected chi connectivity index (χ0v) is 13.9. The summed E-state index contributed by atoms with van der Waals surface area (Å²) in [6.45, 7) is 3.47. The molecule has 0 heterocycles. The number of amides is 2. The summed E-state index contributed by atoms with van der Waals surface area (Å²) in [6.07, 6.45) is 0. The van der Waals surface area contributed by atoms with E-state index in [0.717, 1.165) is 9.26 Å². The highest BCUT2D eigenvalue weighted by atomic mass is 127. The molecule has 2 amide bonds. The molecule has 21 heavy (non-hydrogen) atoms. The fraction of sp³-hybridized carbons (Fsp3) is 0.125. The van der Waals surface area contributed by atoms with Gasteiger partial charge in [-0.25, -0.2) is 0 Å². The molecule has 4 nitrogen and oxygen atoms in total. The standard InChI is InChI=1S/C16H15IN2O2/c1-10-3-6-14(9-15(10)17)19-16(21)12-4-7-13(8-5-12)18-11(2)20/h3-9H,1-2H3,(H,18,20)(H,19,21). The van der Waals surface area contributed by atoms with Gasteiger partial charge in [0.05, 0.1) is 0 Å². The number of nitrogens with one attached hydrogen (secondary N) is 2. The van der Waals surface area contributed by atoms with Crippen LogP contribution in [0.25, 0.3) is 0 Å². The summed E-state index contributed by atoms with van der Waals surface area (Å²) >= 11 is 2.24. The van der Waals surface area contributed by atoms with Crippen molar-refractivity contribution < 1.29 is 9.59 Å². The van der Waals surface area contributed by atoms with Crippen LogP contribution in [-0.2, 0) is 4.79 Å². The molecular formula is C16H15IN2O2. The summed E-state index contributed by atoms with van der Waals surface area (Å²) in [7, 11) is 0. The van der Waals surface area contributed by atoms with Gasteiger partial charge < -0.3 is 10.6 Å². The summed E-state index contributed by atoms with van der Waals surface area (Å²) in [4.78, 5) is 23.1. The second-order valence-electron chi connectivity index (χ2n) is 4.68. The third kappa shape index (κ3) is 4.29. The largest absolute Gasteiger partial charge is 0.326 e. The number of benzene rings is 2. The normalized spacial score (nSPS) is 10.0. The van der Waals surface area contributed by atoms with Crippen molar-refractivity contribution in [3.05, 3.63) is 57.2 Å². The minimum atomic E-state index is -0.177. The van der Waals surface area contributed by atoms with Gasteiger partial charge in [-0.05, 0) is 71.5 Å². The smallest absolute Gasteiger partial charge is 0.255 e. The van der Waals surface area contributed by atoms with Crippen LogP contribution in [0.15, 0.2) is 42.5 Å². The van der Waals surface area contributed by atoms with E-state index in [1.54, 1.807) is 24.3 Å². The van der Waals surface area contributed by atoms with Gasteiger partial charge >= 0.3 is 0 Å². The van der Waals surface area contributed by atoms with Crippen molar-refractivity contribution in [1.82, 2.24) is 0 Å². The number of anilines is 2. The van der Waals surface area contributed by atoms with Crippen molar-refractivity contribution in [3.63, 3.8) is 0 Å². The minimum absolute atomic E-state index is 0.138. The molecule has 0 radical (unpaired) electrons. The van der Waals surface area contributed by atoms with Gasteiger partial charge in [0.25, 0.3) is 5.91 Å². The van der Waals surface area contributed by atoms with E-state index in [9.17, 15) is 9.59 Å². The highest BCUT2D eigenvalue weighted by Crippen LogP contribution is 2.18. The minimum Gasteiger partial charge on any atom is -0.326 e. The molecule has 0 aliphatic carbocycles. The van der Waals surface area contributed by atoms with Gasteiger partial charge in [-0.2, -0.15) is 0 Å². The number of carbonyl (C=O) groups excluding carboxylic acids is 2. The van der Waals surface area contributed by atoms with E-state index in [-0.39, 0.29) is 11.8 Å². The zero-order chi connectivity index (χ0) is 15.4. The van der Waals surface area contributed by atoms with Crippen molar-refractivity contribution in [2.75, 3.05) is 10.6 Å². The summed E-state index contributed by atoms with van der Waals surface area (Å²) in [6, 6.07) is 12.5. The highest BCUT2D eigenvalue weighted by molar-refractivity contribution is 14.1. The van der Waals surface area contributed by atoms with Gasteiger partial charge in [-0.15, -0.1) is 0 Å². The van der Waals surface area contributed by atoms with Crippen LogP contribution in [0, 0.1) is 10.5 Å². The Morgan fingerprint density at radius 3 is 2.14 bits per heavy atom. The molecule has 0 aliphatic heterocycles. The maximum Gasteiger partial charge on any atom is 0.255 e. The molecule has 0 saturated heterocycles. The molecule has 2 aromatic carbocycles. The average molecular weight is 394 g/mol. The number of hydrogen-bond acceptors (Lipinski definition) is 2. The second-order valence-corrected chi connectivity index (χ2v) is 5.84. The lowest BCUT2D eigenvalue weighted by atomic mass is 10.1. The Bertz CT molecular complexity index is 681. The number of halogens is 1. The van der Waals surface area contributed by atoms with Crippen LogP contribution in [0.4, 0.5) is 11.4 Å². The van der Waals surface area contributed by atoms with E-state index < -0.39 is 0 Å². The first-order valence-electron chi connectivity index (χ1n) is 6.41. The Kier molecular flexibility index (Phi) is 4.95. The SMILES string of the molecule is CC(=O)Nc1ccc(C(=O)Nc2ccc(C)c(I)c2)cc1. The molecular weight excluding hydrogens is 379 g/mol. The molecule has 5 heteroatoms. The predicted molar refractivity (Wildman–Crippen MR) is 92.6 cm³/mol. The first kappa shape index (κ1) is 15.5. The molecule has 0 atom stereocenters. The lowest BCUT2D eigenvalue weighted by molar-refractivity contribution is -0.114. The maximum atomic E-state index is 12.1. The fourth-order valence-corrected chi connectivity index (χ4v) is 2.30. The van der Waals surface area contributed by atoms with E-state index in [0.29, 0.717) is 11.3 Å². The molecule has 0 fully saturated rings. The molecule has 108 valence electrons.